The summed E-state index contributed by atoms with van der Waals surface area (Å²) >= 11 is 0. The van der Waals surface area contributed by atoms with Gasteiger partial charge < -0.3 is 20.0 Å². The SMILES string of the molecule is Cc1cc(C)c(C(=O)N2CCN(c3nccnc3S(N)(=O)=O)CC2)c(C)c1NC1CCN(c2ccccc2C#N)CC1. The number of nitriles is 1. The Bertz CT molecular complexity index is 1640. The number of piperidine rings is 1. The molecular formula is C30H36N8O3S. The highest BCUT2D eigenvalue weighted by molar-refractivity contribution is 7.89. The quantitative estimate of drug-likeness (QED) is 0.443. The molecule has 0 radical (unpaired) electrons. The highest BCUT2D eigenvalue weighted by Crippen LogP contribution is 2.32. The summed E-state index contributed by atoms with van der Waals surface area (Å²) in [7, 11) is -4.03. The molecule has 0 spiro atoms. The number of rotatable bonds is 6. The summed E-state index contributed by atoms with van der Waals surface area (Å²) in [4.78, 5) is 27.8. The smallest absolute Gasteiger partial charge is 0.259 e. The normalized spacial score (nSPS) is 16.3. The van der Waals surface area contributed by atoms with Gasteiger partial charge in [-0.3, -0.25) is 4.79 Å². The van der Waals surface area contributed by atoms with E-state index in [-0.39, 0.29) is 22.8 Å². The number of para-hydroxylation sites is 1. The van der Waals surface area contributed by atoms with Crippen molar-refractivity contribution in [3.8, 4) is 6.07 Å². The average Bonchev–Trinajstić information content (AvgIpc) is 2.99. The van der Waals surface area contributed by atoms with E-state index in [9.17, 15) is 18.5 Å². The van der Waals surface area contributed by atoms with Gasteiger partial charge in [0.15, 0.2) is 5.82 Å². The maximum absolute atomic E-state index is 13.8. The summed E-state index contributed by atoms with van der Waals surface area (Å²) in [6, 6.07) is 12.3. The Kier molecular flexibility index (Phi) is 8.34. The number of nitrogens with one attached hydrogen (secondary N) is 1. The van der Waals surface area contributed by atoms with Crippen LogP contribution < -0.4 is 20.3 Å². The third-order valence-corrected chi connectivity index (χ3v) is 9.00. The predicted molar refractivity (Wildman–Crippen MR) is 162 cm³/mol. The Hall–Kier alpha value is -4.21. The zero-order valence-electron chi connectivity index (χ0n) is 24.2. The van der Waals surface area contributed by atoms with Gasteiger partial charge in [-0.25, -0.2) is 23.5 Å². The number of benzene rings is 2. The summed E-state index contributed by atoms with van der Waals surface area (Å²) in [5, 5.41) is 18.3. The second-order valence-electron chi connectivity index (χ2n) is 10.9. The number of aryl methyl sites for hydroxylation is 2. The maximum atomic E-state index is 13.8. The largest absolute Gasteiger partial charge is 0.382 e. The lowest BCUT2D eigenvalue weighted by Crippen LogP contribution is -2.49. The minimum Gasteiger partial charge on any atom is -0.382 e. The first-order valence-electron chi connectivity index (χ1n) is 14.1. The van der Waals surface area contributed by atoms with Crippen LogP contribution in [0.1, 0.15) is 45.5 Å². The average molecular weight is 589 g/mol. The fourth-order valence-corrected chi connectivity index (χ4v) is 6.71. The van der Waals surface area contributed by atoms with Gasteiger partial charge in [0.05, 0.1) is 11.3 Å². The molecule has 220 valence electrons. The van der Waals surface area contributed by atoms with Crippen LogP contribution in [0.2, 0.25) is 0 Å². The lowest BCUT2D eigenvalue weighted by atomic mass is 9.94. The van der Waals surface area contributed by atoms with E-state index in [1.807, 2.05) is 43.0 Å². The molecule has 2 aliphatic heterocycles. The molecule has 11 nitrogen and oxygen atoms in total. The van der Waals surface area contributed by atoms with E-state index in [1.54, 1.807) is 4.90 Å². The number of carbonyl (C=O) groups is 1. The molecule has 0 saturated carbocycles. The van der Waals surface area contributed by atoms with Gasteiger partial charge in [0, 0.05) is 69.0 Å². The van der Waals surface area contributed by atoms with Gasteiger partial charge in [0.1, 0.15) is 6.07 Å². The molecule has 0 atom stereocenters. The molecule has 1 amide bonds. The molecule has 0 aliphatic carbocycles. The molecule has 5 rings (SSSR count). The lowest BCUT2D eigenvalue weighted by Gasteiger charge is -2.37. The third-order valence-electron chi connectivity index (χ3n) is 8.18. The highest BCUT2D eigenvalue weighted by Gasteiger charge is 2.30. The van der Waals surface area contributed by atoms with E-state index < -0.39 is 10.0 Å². The molecule has 3 N–H and O–H groups in total. The van der Waals surface area contributed by atoms with E-state index in [2.05, 4.69) is 39.2 Å². The molecule has 42 heavy (non-hydrogen) atoms. The van der Waals surface area contributed by atoms with Crippen LogP contribution in [0, 0.1) is 32.1 Å². The van der Waals surface area contributed by atoms with Crippen LogP contribution in [0.3, 0.4) is 0 Å². The van der Waals surface area contributed by atoms with Crippen LogP contribution in [0.15, 0.2) is 47.8 Å². The summed E-state index contributed by atoms with van der Waals surface area (Å²) in [6.45, 7) is 9.38. The Balaban J connectivity index is 1.28. The number of carbonyl (C=O) groups excluding carboxylic acids is 1. The molecule has 2 aliphatic rings. The summed E-state index contributed by atoms with van der Waals surface area (Å²) in [6.07, 6.45) is 4.57. The molecule has 0 unspecified atom stereocenters. The minimum atomic E-state index is -4.03. The first-order valence-corrected chi connectivity index (χ1v) is 15.6. The van der Waals surface area contributed by atoms with Crippen LogP contribution in [0.5, 0.6) is 0 Å². The molecule has 12 heteroatoms. The Morgan fingerprint density at radius 3 is 2.31 bits per heavy atom. The van der Waals surface area contributed by atoms with E-state index >= 15 is 0 Å². The Labute approximate surface area is 247 Å². The second-order valence-corrected chi connectivity index (χ2v) is 12.4. The fraction of sp³-hybridized carbons (Fsp3) is 0.400. The number of amides is 1. The summed E-state index contributed by atoms with van der Waals surface area (Å²) in [5.74, 6) is 0.171. The zero-order valence-corrected chi connectivity index (χ0v) is 25.0. The van der Waals surface area contributed by atoms with Crippen LogP contribution in [0.4, 0.5) is 17.2 Å². The molecule has 3 aromatic rings. The summed E-state index contributed by atoms with van der Waals surface area (Å²) < 4.78 is 24.0. The number of aromatic nitrogens is 2. The van der Waals surface area contributed by atoms with E-state index in [0.29, 0.717) is 37.3 Å². The van der Waals surface area contributed by atoms with Crippen molar-refractivity contribution in [3.05, 3.63) is 70.5 Å². The Morgan fingerprint density at radius 1 is 0.976 bits per heavy atom. The molecule has 0 bridgehead atoms. The number of anilines is 3. The van der Waals surface area contributed by atoms with Crippen molar-refractivity contribution in [2.75, 3.05) is 54.4 Å². The van der Waals surface area contributed by atoms with Crippen molar-refractivity contribution in [3.63, 3.8) is 0 Å². The van der Waals surface area contributed by atoms with Crippen molar-refractivity contribution < 1.29 is 13.2 Å². The van der Waals surface area contributed by atoms with Crippen LogP contribution in [0.25, 0.3) is 0 Å². The lowest BCUT2D eigenvalue weighted by molar-refractivity contribution is 0.0745. The number of sulfonamides is 1. The topological polar surface area (TPSA) is 149 Å². The van der Waals surface area contributed by atoms with Gasteiger partial charge in [-0.2, -0.15) is 5.26 Å². The molecule has 1 aromatic heterocycles. The van der Waals surface area contributed by atoms with Crippen molar-refractivity contribution in [2.45, 2.75) is 44.7 Å². The number of hydrogen-bond donors (Lipinski definition) is 2. The van der Waals surface area contributed by atoms with Crippen molar-refractivity contribution in [1.29, 1.82) is 5.26 Å². The van der Waals surface area contributed by atoms with E-state index in [1.165, 1.54) is 12.4 Å². The molecular weight excluding hydrogens is 552 g/mol. The molecule has 2 fully saturated rings. The van der Waals surface area contributed by atoms with Gasteiger partial charge in [-0.1, -0.05) is 18.2 Å². The predicted octanol–water partition coefficient (Wildman–Crippen LogP) is 2.96. The number of nitrogens with two attached hydrogens (primary N) is 1. The minimum absolute atomic E-state index is 0.0403. The van der Waals surface area contributed by atoms with E-state index in [0.717, 1.165) is 54.0 Å². The van der Waals surface area contributed by atoms with Crippen molar-refractivity contribution >= 4 is 33.1 Å². The standard InChI is InChI=1S/C30H36N8O3S/c1-20-18-21(2)27(35-24-8-12-36(13-9-24)25-7-5-4-6-23(25)19-31)22(3)26(20)30(39)38-16-14-37(15-17-38)28-29(42(32,40)41)34-11-10-33-28/h4-7,10-11,18,24,35H,8-9,12-17H2,1-3H3,(H2,32,40,41). The van der Waals surface area contributed by atoms with Gasteiger partial charge in [0.25, 0.3) is 15.9 Å². The molecule has 2 aromatic carbocycles. The highest BCUT2D eigenvalue weighted by atomic mass is 32.2. The number of primary sulfonamides is 1. The van der Waals surface area contributed by atoms with Crippen molar-refractivity contribution in [2.24, 2.45) is 5.14 Å². The fourth-order valence-electron chi connectivity index (χ4n) is 6.06. The number of piperazine rings is 1. The molecule has 3 heterocycles. The van der Waals surface area contributed by atoms with Gasteiger partial charge in [0.2, 0.25) is 5.03 Å². The third kappa shape index (κ3) is 5.89. The van der Waals surface area contributed by atoms with Crippen LogP contribution >= 0.6 is 0 Å². The maximum Gasteiger partial charge on any atom is 0.259 e. The second kappa shape index (κ2) is 12.0. The van der Waals surface area contributed by atoms with Gasteiger partial charge in [-0.15, -0.1) is 0 Å². The van der Waals surface area contributed by atoms with Crippen LogP contribution in [-0.2, 0) is 10.0 Å². The first kappa shape index (κ1) is 29.3. The number of hydrogen-bond acceptors (Lipinski definition) is 9. The first-order chi connectivity index (χ1) is 20.1. The zero-order chi connectivity index (χ0) is 30.0. The Morgan fingerprint density at radius 2 is 1.64 bits per heavy atom. The number of nitrogens with zero attached hydrogens (tertiary/aromatic N) is 6. The monoisotopic (exact) mass is 588 g/mol. The van der Waals surface area contributed by atoms with Crippen LogP contribution in [-0.4, -0.2) is 74.5 Å². The summed E-state index contributed by atoms with van der Waals surface area (Å²) in [5.41, 5.74) is 6.33. The van der Waals surface area contributed by atoms with E-state index in [4.69, 9.17) is 5.14 Å². The van der Waals surface area contributed by atoms with Gasteiger partial charge in [-0.05, 0) is 62.4 Å². The van der Waals surface area contributed by atoms with Gasteiger partial charge >= 0.3 is 0 Å². The van der Waals surface area contributed by atoms with Crippen molar-refractivity contribution in [1.82, 2.24) is 14.9 Å². The molecule has 2 saturated heterocycles.